The van der Waals surface area contributed by atoms with Gasteiger partial charge in [-0.25, -0.2) is 4.98 Å². The Morgan fingerprint density at radius 1 is 1.36 bits per heavy atom. The van der Waals surface area contributed by atoms with Gasteiger partial charge < -0.3 is 9.80 Å². The molecule has 0 spiro atoms. The lowest BCUT2D eigenvalue weighted by Gasteiger charge is -2.25. The normalized spacial score (nSPS) is 16.6. The van der Waals surface area contributed by atoms with E-state index in [-0.39, 0.29) is 17.5 Å². The van der Waals surface area contributed by atoms with Crippen LogP contribution in [-0.2, 0) is 13.0 Å². The number of aryl methyl sites for hydroxylation is 1. The zero-order valence-electron chi connectivity index (χ0n) is 17.0. The Balaban J connectivity index is 1.67. The predicted molar refractivity (Wildman–Crippen MR) is 109 cm³/mol. The lowest BCUT2D eigenvalue weighted by atomic mass is 10.1. The van der Waals surface area contributed by atoms with Crippen LogP contribution in [0.25, 0.3) is 0 Å². The SMILES string of the molecule is CCc1cnccc1C(=O)N1CC[C@@H](N(C)Cc2cc(=O)[nH]c(N(C)C)n2)C1. The molecular weight excluding hydrogens is 356 g/mol. The highest BCUT2D eigenvalue weighted by molar-refractivity contribution is 5.95. The number of carbonyl (C=O) groups excluding carboxylic acids is 1. The highest BCUT2D eigenvalue weighted by Crippen LogP contribution is 2.20. The van der Waals surface area contributed by atoms with E-state index in [4.69, 9.17) is 0 Å². The average molecular weight is 384 g/mol. The van der Waals surface area contributed by atoms with Gasteiger partial charge in [0.2, 0.25) is 5.95 Å². The van der Waals surface area contributed by atoms with Crippen molar-refractivity contribution in [2.75, 3.05) is 39.1 Å². The van der Waals surface area contributed by atoms with Gasteiger partial charge >= 0.3 is 0 Å². The van der Waals surface area contributed by atoms with Gasteiger partial charge in [0.05, 0.1) is 5.69 Å². The molecule has 1 N–H and O–H groups in total. The van der Waals surface area contributed by atoms with E-state index in [1.807, 2.05) is 33.0 Å². The summed E-state index contributed by atoms with van der Waals surface area (Å²) >= 11 is 0. The van der Waals surface area contributed by atoms with Crippen molar-refractivity contribution < 1.29 is 4.79 Å². The molecule has 3 heterocycles. The van der Waals surface area contributed by atoms with Crippen LogP contribution >= 0.6 is 0 Å². The standard InChI is InChI=1S/C20H28N6O2/c1-5-14-11-21-8-6-17(14)19(28)26-9-7-16(13-26)25(4)12-15-10-18(27)23-20(22-15)24(2)3/h6,8,10-11,16H,5,7,9,12-13H2,1-4H3,(H,22,23,27)/t16-/m1/s1. The van der Waals surface area contributed by atoms with Crippen LogP contribution in [0, 0.1) is 0 Å². The topological polar surface area (TPSA) is 85.4 Å². The minimum absolute atomic E-state index is 0.0688. The number of likely N-dealkylation sites (tertiary alicyclic amines) is 1. The van der Waals surface area contributed by atoms with Crippen LogP contribution in [0.4, 0.5) is 5.95 Å². The Morgan fingerprint density at radius 2 is 2.14 bits per heavy atom. The van der Waals surface area contributed by atoms with Crippen LogP contribution < -0.4 is 10.5 Å². The van der Waals surface area contributed by atoms with Gasteiger partial charge in [-0.3, -0.25) is 24.5 Å². The molecule has 1 aliphatic heterocycles. The quantitative estimate of drug-likeness (QED) is 0.804. The summed E-state index contributed by atoms with van der Waals surface area (Å²) < 4.78 is 0. The molecule has 2 aromatic rings. The maximum absolute atomic E-state index is 12.9. The molecular formula is C20H28N6O2. The van der Waals surface area contributed by atoms with Crippen LogP contribution in [0.5, 0.6) is 0 Å². The summed E-state index contributed by atoms with van der Waals surface area (Å²) in [6.45, 7) is 3.99. The monoisotopic (exact) mass is 384 g/mol. The molecule has 1 saturated heterocycles. The minimum atomic E-state index is -0.157. The van der Waals surface area contributed by atoms with Crippen molar-refractivity contribution in [3.05, 3.63) is 51.7 Å². The Hall–Kier alpha value is -2.74. The van der Waals surface area contributed by atoms with Crippen LogP contribution in [0.3, 0.4) is 0 Å². The fourth-order valence-electron chi connectivity index (χ4n) is 3.55. The van der Waals surface area contributed by atoms with E-state index in [2.05, 4.69) is 19.9 Å². The Bertz CT molecular complexity index is 894. The van der Waals surface area contributed by atoms with Crippen LogP contribution in [0.1, 0.15) is 35.0 Å². The Labute approximate surface area is 165 Å². The Kier molecular flexibility index (Phi) is 6.08. The van der Waals surface area contributed by atoms with Crippen molar-refractivity contribution in [2.45, 2.75) is 32.4 Å². The molecule has 0 aliphatic carbocycles. The lowest BCUT2D eigenvalue weighted by molar-refractivity contribution is 0.0778. The van der Waals surface area contributed by atoms with Gasteiger partial charge in [0.1, 0.15) is 0 Å². The fraction of sp³-hybridized carbons (Fsp3) is 0.500. The number of amides is 1. The van der Waals surface area contributed by atoms with Gasteiger partial charge in [-0.1, -0.05) is 6.92 Å². The van der Waals surface area contributed by atoms with Crippen molar-refractivity contribution >= 4 is 11.9 Å². The highest BCUT2D eigenvalue weighted by Gasteiger charge is 2.30. The number of aromatic nitrogens is 3. The molecule has 1 amide bonds. The smallest absolute Gasteiger partial charge is 0.254 e. The van der Waals surface area contributed by atoms with E-state index in [1.165, 1.54) is 6.07 Å². The van der Waals surface area contributed by atoms with Gasteiger partial charge in [0.25, 0.3) is 11.5 Å². The first-order valence-corrected chi connectivity index (χ1v) is 9.59. The van der Waals surface area contributed by atoms with E-state index in [0.29, 0.717) is 19.0 Å². The summed E-state index contributed by atoms with van der Waals surface area (Å²) in [6, 6.07) is 3.58. The van der Waals surface area contributed by atoms with Gasteiger partial charge in [-0.05, 0) is 31.5 Å². The molecule has 1 fully saturated rings. The maximum atomic E-state index is 12.9. The van der Waals surface area contributed by atoms with Crippen molar-refractivity contribution in [3.8, 4) is 0 Å². The van der Waals surface area contributed by atoms with Crippen molar-refractivity contribution in [1.82, 2.24) is 24.8 Å². The zero-order valence-corrected chi connectivity index (χ0v) is 17.0. The van der Waals surface area contributed by atoms with E-state index < -0.39 is 0 Å². The van der Waals surface area contributed by atoms with Crippen molar-refractivity contribution in [1.29, 1.82) is 0 Å². The molecule has 0 aromatic carbocycles. The predicted octanol–water partition coefficient (Wildman–Crippen LogP) is 1.14. The summed E-state index contributed by atoms with van der Waals surface area (Å²) in [5.74, 6) is 0.614. The van der Waals surface area contributed by atoms with E-state index in [1.54, 1.807) is 23.4 Å². The summed E-state index contributed by atoms with van der Waals surface area (Å²) in [5.41, 5.74) is 2.29. The number of likely N-dealkylation sites (N-methyl/N-ethyl adjacent to an activating group) is 1. The van der Waals surface area contributed by atoms with Gasteiger partial charge in [-0.15, -0.1) is 0 Å². The third-order valence-corrected chi connectivity index (χ3v) is 5.21. The summed E-state index contributed by atoms with van der Waals surface area (Å²) in [7, 11) is 5.70. The van der Waals surface area contributed by atoms with Crippen molar-refractivity contribution in [3.63, 3.8) is 0 Å². The third kappa shape index (κ3) is 4.39. The van der Waals surface area contributed by atoms with Crippen LogP contribution in [0.2, 0.25) is 0 Å². The first kappa shape index (κ1) is 20.0. The van der Waals surface area contributed by atoms with Gasteiger partial charge in [0, 0.05) is 63.8 Å². The number of nitrogens with one attached hydrogen (secondary N) is 1. The molecule has 28 heavy (non-hydrogen) atoms. The number of rotatable bonds is 6. The summed E-state index contributed by atoms with van der Waals surface area (Å²) in [4.78, 5) is 42.0. The molecule has 3 rings (SSSR count). The van der Waals surface area contributed by atoms with Gasteiger partial charge in [-0.2, -0.15) is 0 Å². The molecule has 0 unspecified atom stereocenters. The molecule has 0 radical (unpaired) electrons. The maximum Gasteiger partial charge on any atom is 0.254 e. The minimum Gasteiger partial charge on any atom is -0.348 e. The number of hydrogen-bond acceptors (Lipinski definition) is 6. The second kappa shape index (κ2) is 8.52. The molecule has 1 aliphatic rings. The van der Waals surface area contributed by atoms with Gasteiger partial charge in [0.15, 0.2) is 0 Å². The molecule has 0 bridgehead atoms. The highest BCUT2D eigenvalue weighted by atomic mass is 16.2. The summed E-state index contributed by atoms with van der Waals surface area (Å²) in [6.07, 6.45) is 5.13. The number of H-pyrrole nitrogens is 1. The number of aromatic amines is 1. The van der Waals surface area contributed by atoms with Crippen LogP contribution in [0.15, 0.2) is 29.3 Å². The van der Waals surface area contributed by atoms with Crippen LogP contribution in [-0.4, -0.2) is 70.9 Å². The third-order valence-electron chi connectivity index (χ3n) is 5.21. The molecule has 2 aromatic heterocycles. The molecule has 8 nitrogen and oxygen atoms in total. The van der Waals surface area contributed by atoms with Crippen molar-refractivity contribution in [2.24, 2.45) is 0 Å². The number of nitrogens with zero attached hydrogens (tertiary/aromatic N) is 5. The van der Waals surface area contributed by atoms with E-state index in [9.17, 15) is 9.59 Å². The molecule has 150 valence electrons. The van der Waals surface area contributed by atoms with E-state index >= 15 is 0 Å². The number of anilines is 1. The summed E-state index contributed by atoms with van der Waals surface area (Å²) in [5, 5.41) is 0. The molecule has 8 heteroatoms. The average Bonchev–Trinajstić information content (AvgIpc) is 3.17. The second-order valence-electron chi connectivity index (χ2n) is 7.45. The number of pyridine rings is 1. The zero-order chi connectivity index (χ0) is 20.3. The first-order chi connectivity index (χ1) is 13.4. The lowest BCUT2D eigenvalue weighted by Crippen LogP contribution is -2.37. The fourth-order valence-corrected chi connectivity index (χ4v) is 3.55. The largest absolute Gasteiger partial charge is 0.348 e. The first-order valence-electron chi connectivity index (χ1n) is 9.59. The van der Waals surface area contributed by atoms with E-state index in [0.717, 1.165) is 36.2 Å². The molecule has 1 atom stereocenters. The second-order valence-corrected chi connectivity index (χ2v) is 7.45. The number of carbonyl (C=O) groups is 1. The number of hydrogen-bond donors (Lipinski definition) is 1. The molecule has 0 saturated carbocycles. The Morgan fingerprint density at radius 3 is 2.86 bits per heavy atom.